The van der Waals surface area contributed by atoms with E-state index in [0.29, 0.717) is 11.8 Å². The normalized spacial score (nSPS) is 10.0. The molecule has 0 N–H and O–H groups in total. The number of aromatic nitrogens is 2. The second-order valence-corrected chi connectivity index (χ2v) is 3.79. The van der Waals surface area contributed by atoms with Crippen LogP contribution in [0.1, 0.15) is 0 Å². The smallest absolute Gasteiger partial charge is 0.274 e. The van der Waals surface area contributed by atoms with Crippen LogP contribution in [0.5, 0.6) is 0 Å². The highest BCUT2D eigenvalue weighted by atomic mass is 32.2. The van der Waals surface area contributed by atoms with Gasteiger partial charge in [0.25, 0.3) is 0 Å². The van der Waals surface area contributed by atoms with E-state index >= 15 is 0 Å². The van der Waals surface area contributed by atoms with Crippen LogP contribution in [0.2, 0.25) is 0 Å². The molecule has 0 radical (unpaired) electrons. The zero-order valence-electron chi connectivity index (χ0n) is 6.50. The molecule has 0 atom stereocenters. The standard InChI is InChI=1S/C5H5N3O3S2/c1-7-2-3(8(10)11)4(6-7)13-5(9)12/h2H,1H3,(H,9,12). The van der Waals surface area contributed by atoms with Crippen molar-refractivity contribution in [3.8, 4) is 0 Å². The average Bonchev–Trinajstić information content (AvgIpc) is 2.29. The van der Waals surface area contributed by atoms with E-state index in [4.69, 9.17) is 0 Å². The Morgan fingerprint density at radius 1 is 1.85 bits per heavy atom. The maximum Gasteiger partial charge on any atom is 0.321 e. The maximum atomic E-state index is 10.6. The fraction of sp³-hybridized carbons (Fsp3) is 0.200. The number of carbonyl (C=O) groups is 1. The van der Waals surface area contributed by atoms with Crippen molar-refractivity contribution in [2.45, 2.75) is 5.03 Å². The molecule has 1 aromatic heterocycles. The molecule has 70 valence electrons. The number of nitrogens with zero attached hydrogens (tertiary/aromatic N) is 3. The summed E-state index contributed by atoms with van der Waals surface area (Å²) in [6.07, 6.45) is 1.24. The van der Waals surface area contributed by atoms with Crippen LogP contribution in [0.4, 0.5) is 10.5 Å². The highest BCUT2D eigenvalue weighted by Gasteiger charge is 2.20. The molecule has 0 unspecified atom stereocenters. The predicted molar refractivity (Wildman–Crippen MR) is 50.1 cm³/mol. The van der Waals surface area contributed by atoms with Crippen LogP contribution in [-0.4, -0.2) is 19.2 Å². The molecule has 0 saturated carbocycles. The fourth-order valence-corrected chi connectivity index (χ4v) is 1.56. The Balaban J connectivity index is 3.04. The van der Waals surface area contributed by atoms with Gasteiger partial charge < -0.3 is 0 Å². The van der Waals surface area contributed by atoms with Crippen molar-refractivity contribution >= 4 is 34.5 Å². The Morgan fingerprint density at radius 3 is 2.92 bits per heavy atom. The van der Waals surface area contributed by atoms with Gasteiger partial charge in [-0.1, -0.05) is 12.6 Å². The van der Waals surface area contributed by atoms with Gasteiger partial charge in [0.1, 0.15) is 6.20 Å². The molecule has 1 heterocycles. The Kier molecular flexibility index (Phi) is 2.94. The van der Waals surface area contributed by atoms with E-state index in [-0.39, 0.29) is 10.7 Å². The van der Waals surface area contributed by atoms with E-state index in [0.717, 1.165) is 0 Å². The SMILES string of the molecule is Cn1cc([N+](=O)[O-])c(SC(=O)S)n1. The minimum Gasteiger partial charge on any atom is -0.274 e. The van der Waals surface area contributed by atoms with Crippen molar-refractivity contribution in [1.29, 1.82) is 0 Å². The number of nitro groups is 1. The lowest BCUT2D eigenvalue weighted by Crippen LogP contribution is -1.88. The van der Waals surface area contributed by atoms with Gasteiger partial charge in [0.15, 0.2) is 0 Å². The highest BCUT2D eigenvalue weighted by molar-refractivity contribution is 8.32. The first-order valence-corrected chi connectivity index (χ1v) is 4.36. The second kappa shape index (κ2) is 3.79. The van der Waals surface area contributed by atoms with Crippen LogP contribution < -0.4 is 0 Å². The Morgan fingerprint density at radius 2 is 2.46 bits per heavy atom. The molecule has 1 rings (SSSR count). The minimum atomic E-state index is -0.591. The molecular weight excluding hydrogens is 214 g/mol. The minimum absolute atomic E-state index is 0.0625. The summed E-state index contributed by atoms with van der Waals surface area (Å²) in [6, 6.07) is 0. The summed E-state index contributed by atoms with van der Waals surface area (Å²) in [4.78, 5) is 20.4. The molecule has 0 amide bonds. The molecular formula is C5H5N3O3S2. The summed E-state index contributed by atoms with van der Waals surface area (Å²) in [5.41, 5.74) is -0.185. The number of hydrogen-bond acceptors (Lipinski definition) is 5. The van der Waals surface area contributed by atoms with Gasteiger partial charge in [0.05, 0.1) is 4.92 Å². The third kappa shape index (κ3) is 2.46. The van der Waals surface area contributed by atoms with Crippen molar-refractivity contribution < 1.29 is 9.72 Å². The van der Waals surface area contributed by atoms with Gasteiger partial charge in [-0.2, -0.15) is 5.10 Å². The Labute approximate surface area is 82.9 Å². The quantitative estimate of drug-likeness (QED) is 0.352. The molecule has 0 aliphatic heterocycles. The summed E-state index contributed by atoms with van der Waals surface area (Å²) < 4.78 is 0.749. The van der Waals surface area contributed by atoms with Crippen molar-refractivity contribution in [2.24, 2.45) is 7.05 Å². The van der Waals surface area contributed by atoms with Crippen LogP contribution in [0.3, 0.4) is 0 Å². The lowest BCUT2D eigenvalue weighted by molar-refractivity contribution is -0.387. The highest BCUT2D eigenvalue weighted by Crippen LogP contribution is 2.28. The fourth-order valence-electron chi connectivity index (χ4n) is 0.736. The topological polar surface area (TPSA) is 78.0 Å². The number of thiol groups is 1. The first-order valence-electron chi connectivity index (χ1n) is 3.09. The number of rotatable bonds is 2. The number of hydrogen-bond donors (Lipinski definition) is 1. The molecule has 0 saturated heterocycles. The summed E-state index contributed by atoms with van der Waals surface area (Å²) >= 11 is 4.11. The largest absolute Gasteiger partial charge is 0.321 e. The van der Waals surface area contributed by atoms with Gasteiger partial charge in [-0.3, -0.25) is 19.6 Å². The lowest BCUT2D eigenvalue weighted by Gasteiger charge is -1.88. The first kappa shape index (κ1) is 10.1. The monoisotopic (exact) mass is 219 g/mol. The number of thioether (sulfide) groups is 1. The van der Waals surface area contributed by atoms with Crippen molar-refractivity contribution in [3.05, 3.63) is 16.3 Å². The van der Waals surface area contributed by atoms with Gasteiger partial charge in [-0.05, 0) is 11.8 Å². The first-order chi connectivity index (χ1) is 6.00. The zero-order chi connectivity index (χ0) is 10.0. The molecule has 1 aromatic rings. The molecule has 6 nitrogen and oxygen atoms in total. The Bertz CT molecular complexity index is 362. The van der Waals surface area contributed by atoms with Gasteiger partial charge in [0, 0.05) is 7.05 Å². The zero-order valence-corrected chi connectivity index (χ0v) is 8.21. The average molecular weight is 219 g/mol. The van der Waals surface area contributed by atoms with Crippen LogP contribution in [0.15, 0.2) is 11.2 Å². The van der Waals surface area contributed by atoms with Crippen LogP contribution in [0, 0.1) is 10.1 Å². The van der Waals surface area contributed by atoms with Gasteiger partial charge in [0.2, 0.25) is 9.47 Å². The van der Waals surface area contributed by atoms with Crippen molar-refractivity contribution in [2.75, 3.05) is 0 Å². The number of carbonyl (C=O) groups excluding carboxylic acids is 1. The third-order valence-electron chi connectivity index (χ3n) is 1.16. The van der Waals surface area contributed by atoms with Crippen LogP contribution >= 0.6 is 24.4 Å². The van der Waals surface area contributed by atoms with Gasteiger partial charge in [-0.15, -0.1) is 0 Å². The van der Waals surface area contributed by atoms with Crippen molar-refractivity contribution in [1.82, 2.24) is 9.78 Å². The van der Waals surface area contributed by atoms with E-state index in [1.54, 1.807) is 7.05 Å². The van der Waals surface area contributed by atoms with Crippen LogP contribution in [0.25, 0.3) is 0 Å². The molecule has 0 aliphatic rings. The predicted octanol–water partition coefficient (Wildman–Crippen LogP) is 1.47. The van der Waals surface area contributed by atoms with Crippen LogP contribution in [-0.2, 0) is 7.05 Å². The van der Waals surface area contributed by atoms with Crippen molar-refractivity contribution in [3.63, 3.8) is 0 Å². The molecule has 0 fully saturated rings. The van der Waals surface area contributed by atoms with E-state index in [1.165, 1.54) is 10.9 Å². The summed E-state index contributed by atoms with van der Waals surface area (Å²) in [6.45, 7) is 0. The van der Waals surface area contributed by atoms with E-state index in [1.807, 2.05) is 0 Å². The van der Waals surface area contributed by atoms with E-state index in [2.05, 4.69) is 17.7 Å². The second-order valence-electron chi connectivity index (χ2n) is 2.12. The molecule has 0 aromatic carbocycles. The molecule has 0 bridgehead atoms. The van der Waals surface area contributed by atoms with E-state index in [9.17, 15) is 14.9 Å². The molecule has 0 aliphatic carbocycles. The number of aryl methyl sites for hydroxylation is 1. The maximum absolute atomic E-state index is 10.6. The molecule has 13 heavy (non-hydrogen) atoms. The summed E-state index contributed by atoms with van der Waals surface area (Å²) in [5, 5.41) is 14.2. The molecule has 0 spiro atoms. The Hall–Kier alpha value is -1.02. The summed E-state index contributed by atoms with van der Waals surface area (Å²) in [5.74, 6) is 0. The van der Waals surface area contributed by atoms with E-state index < -0.39 is 9.37 Å². The van der Waals surface area contributed by atoms with Gasteiger partial charge in [-0.25, -0.2) is 0 Å². The lowest BCUT2D eigenvalue weighted by atomic mass is 10.6. The third-order valence-corrected chi connectivity index (χ3v) is 2.09. The molecule has 8 heteroatoms. The van der Waals surface area contributed by atoms with Gasteiger partial charge >= 0.3 is 5.69 Å². The summed E-state index contributed by atoms with van der Waals surface area (Å²) in [7, 11) is 1.54.